The first kappa shape index (κ1) is 51.8. The number of ether oxygens (including phenoxy) is 2. The Hall–Kier alpha value is 3.00. The molecule has 61 heavy (non-hydrogen) atoms. The Labute approximate surface area is 441 Å². The van der Waals surface area contributed by atoms with Crippen LogP contribution in [0.1, 0.15) is 38.7 Å². The van der Waals surface area contributed by atoms with Crippen molar-refractivity contribution in [3.63, 3.8) is 0 Å². The molecular weight excluding hydrogens is 1180 g/mol. The predicted octanol–water partition coefficient (Wildman–Crippen LogP) is 11.8. The molecule has 0 aromatic heterocycles. The largest absolute Gasteiger partial charge is 0.508 e. The van der Waals surface area contributed by atoms with E-state index in [-0.39, 0.29) is 29.5 Å². The summed E-state index contributed by atoms with van der Waals surface area (Å²) in [7, 11) is 1.95. The number of aromatic hydroxyl groups is 1. The van der Waals surface area contributed by atoms with Crippen molar-refractivity contribution in [3.05, 3.63) is 39.9 Å². The number of allylic oxidation sites excluding steroid dienone is 2. The first-order chi connectivity index (χ1) is 27.7. The molecule has 0 amide bonds. The van der Waals surface area contributed by atoms with Crippen LogP contribution in [0.2, 0.25) is 0 Å². The highest BCUT2D eigenvalue weighted by Gasteiger charge is 3.32. The van der Waals surface area contributed by atoms with Crippen molar-refractivity contribution in [1.29, 1.82) is 0 Å². The fourth-order valence-corrected chi connectivity index (χ4v) is 24.3. The summed E-state index contributed by atoms with van der Waals surface area (Å²) in [6.07, 6.45) is -0.141. The standard InChI is InChI=1S/C17H12Cl10O4.C10H15NO.C9H4Cl8O/c1-2-31-7(29)4-3-6(28)5-8(30)9(18)11(20)13(22)10(8,19)14(23)12(9,21)15(11,24)17(26,27)16(13,14)25;1-8(11-2)7-9-3-5-10(12)6-4-9;10-3-4(11)8(15)2-1(5(12)18-6(2)13)7(3,14)9(8,16)17/h30H,2-5H2,1H3;3-6,8,11-12H,7H2,1-2H3;1-2,5-6H. The van der Waals surface area contributed by atoms with Crippen LogP contribution in [-0.2, 0) is 25.5 Å². The number of nitrogens with one attached hydrogen (secondary N) is 1. The summed E-state index contributed by atoms with van der Waals surface area (Å²) in [4.78, 5) is 5.16. The maximum Gasteiger partial charge on any atom is 0.306 e. The van der Waals surface area contributed by atoms with E-state index >= 15 is 0 Å². The first-order valence-electron chi connectivity index (χ1n) is 18.2. The number of ketones is 1. The minimum Gasteiger partial charge on any atom is -0.508 e. The summed E-state index contributed by atoms with van der Waals surface area (Å²) in [6.45, 7) is 3.93. The smallest absolute Gasteiger partial charge is 0.306 e. The lowest BCUT2D eigenvalue weighted by atomic mass is 9.41. The second-order valence-electron chi connectivity index (χ2n) is 16.3. The number of benzene rings is 1. The van der Waals surface area contributed by atoms with Gasteiger partial charge in [-0.05, 0) is 45.0 Å². The van der Waals surface area contributed by atoms with Crippen molar-refractivity contribution in [2.75, 3.05) is 13.7 Å². The third-order valence-corrected chi connectivity index (χ3v) is 28.4. The molecule has 342 valence electrons. The summed E-state index contributed by atoms with van der Waals surface area (Å²) >= 11 is 119. The second-order valence-corrected chi connectivity index (χ2v) is 26.3. The molecule has 1 aromatic rings. The van der Waals surface area contributed by atoms with Crippen molar-refractivity contribution >= 4 is 221 Å². The topological polar surface area (TPSA) is 105 Å². The van der Waals surface area contributed by atoms with E-state index in [4.69, 9.17) is 223 Å². The fourth-order valence-electron chi connectivity index (χ4n) is 11.4. The van der Waals surface area contributed by atoms with Crippen LogP contribution in [0.5, 0.6) is 5.75 Å². The molecule has 8 aliphatic carbocycles. The number of rotatable bonds is 9. The van der Waals surface area contributed by atoms with Gasteiger partial charge in [-0.3, -0.25) is 9.59 Å². The monoisotopic (exact) mass is 1200 g/mol. The number of carbonyl (C=O) groups excluding carboxylic acids is 2. The lowest BCUT2D eigenvalue weighted by Gasteiger charge is -2.81. The van der Waals surface area contributed by atoms with E-state index in [2.05, 4.69) is 12.2 Å². The van der Waals surface area contributed by atoms with Gasteiger partial charge in [-0.2, -0.15) is 0 Å². The van der Waals surface area contributed by atoms with Crippen molar-refractivity contribution in [2.24, 2.45) is 11.8 Å². The lowest BCUT2D eigenvalue weighted by molar-refractivity contribution is -0.145. The Morgan fingerprint density at radius 3 is 1.49 bits per heavy atom. The van der Waals surface area contributed by atoms with Crippen LogP contribution in [0.15, 0.2) is 34.3 Å². The van der Waals surface area contributed by atoms with E-state index in [1.165, 1.54) is 5.56 Å². The molecule has 11 atom stereocenters. The minimum atomic E-state index is -2.36. The van der Waals surface area contributed by atoms with Crippen LogP contribution in [0, 0.1) is 11.8 Å². The number of halogens is 18. The highest BCUT2D eigenvalue weighted by Crippen LogP contribution is 3.12. The van der Waals surface area contributed by atoms with Gasteiger partial charge in [0.05, 0.1) is 23.1 Å². The number of phenols is 1. The molecule has 0 radical (unpaired) electrons. The molecule has 11 unspecified atom stereocenters. The summed E-state index contributed by atoms with van der Waals surface area (Å²) in [6, 6.07) is 7.82. The van der Waals surface area contributed by atoms with E-state index in [1.807, 2.05) is 19.2 Å². The average Bonchev–Trinajstić information content (AvgIpc) is 3.71. The van der Waals surface area contributed by atoms with Gasteiger partial charge in [0.1, 0.15) is 77.0 Å². The van der Waals surface area contributed by atoms with Crippen LogP contribution in [0.4, 0.5) is 0 Å². The van der Waals surface area contributed by atoms with Gasteiger partial charge in [0, 0.05) is 30.7 Å². The predicted molar refractivity (Wildman–Crippen MR) is 252 cm³/mol. The van der Waals surface area contributed by atoms with E-state index in [1.54, 1.807) is 19.1 Å². The Morgan fingerprint density at radius 2 is 1.11 bits per heavy atom. The number of esters is 1. The lowest BCUT2D eigenvalue weighted by Crippen LogP contribution is -3.03. The van der Waals surface area contributed by atoms with Crippen LogP contribution < -0.4 is 5.32 Å². The van der Waals surface area contributed by atoms with E-state index in [9.17, 15) is 14.7 Å². The van der Waals surface area contributed by atoms with Crippen LogP contribution in [0.25, 0.3) is 0 Å². The van der Waals surface area contributed by atoms with Gasteiger partial charge in [-0.1, -0.05) is 105 Å². The summed E-state index contributed by atoms with van der Waals surface area (Å²) in [5, 5.41) is 24.3. The van der Waals surface area contributed by atoms with Gasteiger partial charge >= 0.3 is 5.97 Å². The number of Topliss-reactive ketones (excluding diaryl/α,β-unsaturated/α-hetero) is 1. The number of carbonyl (C=O) groups is 2. The number of fused-ring (bicyclic) bond motifs is 5. The Balaban J connectivity index is 0.000000157. The third kappa shape index (κ3) is 4.84. The number of hydrogen-bond donors (Lipinski definition) is 3. The SMILES string of the molecule is CCOC(=O)CCC(=O)CC1(O)C2(Cl)C3(Cl)C4(Cl)C(Cl)(Cl)C5(Cl)C3(Cl)C1(Cl)C5(Cl)C42Cl.CNC(C)Cc1ccc(O)cc1.ClC1=C(Cl)C2(Cl)C3C(Cl)OC(Cl)C3C1(Cl)C2(Cl)Cl. The molecule has 6 bridgehead atoms. The van der Waals surface area contributed by atoms with Gasteiger partial charge in [0.25, 0.3) is 0 Å². The van der Waals surface area contributed by atoms with Gasteiger partial charge < -0.3 is 25.0 Å². The molecule has 3 N–H and O–H groups in total. The fraction of sp³-hybridized carbons (Fsp3) is 0.722. The average molecular weight is 1210 g/mol. The van der Waals surface area contributed by atoms with Crippen LogP contribution in [0.3, 0.4) is 0 Å². The number of likely N-dealkylation sites (N-methyl/N-ethyl adjacent to an activating group) is 1. The number of aliphatic hydroxyl groups is 1. The van der Waals surface area contributed by atoms with Gasteiger partial charge in [-0.25, -0.2) is 0 Å². The number of phenolic OH excluding ortho intramolecular Hbond substituents is 1. The van der Waals surface area contributed by atoms with E-state index in [0.717, 1.165) is 6.42 Å². The molecule has 9 aliphatic rings. The molecule has 25 heteroatoms. The minimum absolute atomic E-state index is 0.104. The molecule has 1 aliphatic heterocycles. The van der Waals surface area contributed by atoms with Crippen molar-refractivity contribution in [2.45, 2.75) is 120 Å². The van der Waals surface area contributed by atoms with Gasteiger partial charge in [0.2, 0.25) is 0 Å². The summed E-state index contributed by atoms with van der Waals surface area (Å²) in [5.74, 6) is -1.87. The molecule has 1 heterocycles. The van der Waals surface area contributed by atoms with Gasteiger partial charge in [0.15, 0.2) is 8.67 Å². The maximum absolute atomic E-state index is 12.8. The van der Waals surface area contributed by atoms with Crippen LogP contribution in [-0.4, -0.2) is 116 Å². The highest BCUT2D eigenvalue weighted by molar-refractivity contribution is 6.78. The van der Waals surface area contributed by atoms with E-state index < -0.39 is 104 Å². The number of hydrogen-bond acceptors (Lipinski definition) is 7. The first-order valence-corrected chi connectivity index (χ1v) is 25.1. The third-order valence-electron chi connectivity index (χ3n) is 14.0. The molecule has 7 nitrogen and oxygen atoms in total. The van der Waals surface area contributed by atoms with E-state index in [0.29, 0.717) is 11.8 Å². The quantitative estimate of drug-likeness (QED) is 0.167. The highest BCUT2D eigenvalue weighted by atomic mass is 35.5. The Kier molecular flexibility index (Phi) is 13.0. The molecule has 1 saturated heterocycles. The Morgan fingerprint density at radius 1 is 0.705 bits per heavy atom. The summed E-state index contributed by atoms with van der Waals surface area (Å²) in [5.41, 5.74) is -2.69. The van der Waals surface area contributed by atoms with Gasteiger partial charge in [-0.15, -0.1) is 116 Å². The number of alkyl halides is 16. The van der Waals surface area contributed by atoms with Crippen molar-refractivity contribution in [3.8, 4) is 5.75 Å². The molecule has 7 saturated carbocycles. The molecule has 8 fully saturated rings. The zero-order valence-corrected chi connectivity index (χ0v) is 44.7. The molecule has 0 spiro atoms. The van der Waals surface area contributed by atoms with Crippen molar-refractivity contribution in [1.82, 2.24) is 5.32 Å². The zero-order valence-electron chi connectivity index (χ0n) is 31.1. The summed E-state index contributed by atoms with van der Waals surface area (Å²) < 4.78 is 6.44. The molecular formula is C36H31Cl18NO6. The van der Waals surface area contributed by atoms with Crippen molar-refractivity contribution < 1.29 is 29.3 Å². The second kappa shape index (κ2) is 15.3. The molecule has 10 rings (SSSR count). The Bertz CT molecular complexity index is 1990. The normalized spacial score (nSPS) is 51.5. The maximum atomic E-state index is 12.8. The molecule has 1 aromatic carbocycles. The van der Waals surface area contributed by atoms with Crippen LogP contribution >= 0.6 is 209 Å². The zero-order chi connectivity index (χ0) is 46.3.